The number of nitrogens with zero attached hydrogens (tertiary/aromatic N) is 1. The molecular weight excluding hydrogens is 443 g/mol. The number of thiophene rings is 1. The average Bonchev–Trinajstić information content (AvgIpc) is 3.15. The number of carbonyl (C=O) groups is 2. The van der Waals surface area contributed by atoms with Crippen LogP contribution in [0.15, 0.2) is 23.8 Å². The minimum atomic E-state index is -0.351. The van der Waals surface area contributed by atoms with Crippen LogP contribution in [0, 0.1) is 2.88 Å². The Balaban J connectivity index is 1.87. The van der Waals surface area contributed by atoms with Gasteiger partial charge in [0, 0.05) is 22.7 Å². The summed E-state index contributed by atoms with van der Waals surface area (Å²) in [6.07, 6.45) is 3.58. The highest BCUT2D eigenvalue weighted by atomic mass is 127. The lowest BCUT2D eigenvalue weighted by Gasteiger charge is -2.23. The monoisotopic (exact) mass is 464 g/mol. The molecule has 1 atom stereocenters. The van der Waals surface area contributed by atoms with E-state index >= 15 is 0 Å². The molecule has 1 N–H and O–H groups in total. The topological polar surface area (TPSA) is 49.4 Å². The summed E-state index contributed by atoms with van der Waals surface area (Å²) >= 11 is 5.68. The first-order chi connectivity index (χ1) is 11.0. The molecule has 23 heavy (non-hydrogen) atoms. The van der Waals surface area contributed by atoms with Crippen molar-refractivity contribution in [2.45, 2.75) is 32.7 Å². The van der Waals surface area contributed by atoms with Crippen LogP contribution < -0.4 is 5.32 Å². The zero-order chi connectivity index (χ0) is 16.8. The van der Waals surface area contributed by atoms with Crippen molar-refractivity contribution in [3.05, 3.63) is 31.5 Å². The van der Waals surface area contributed by atoms with E-state index in [0.717, 1.165) is 18.4 Å². The summed E-state index contributed by atoms with van der Waals surface area (Å²) in [5, 5.41) is 2.98. The molecule has 1 aliphatic rings. The minimum Gasteiger partial charge on any atom is -0.354 e. The third kappa shape index (κ3) is 5.22. The number of hydrogen-bond donors (Lipinski definition) is 1. The van der Waals surface area contributed by atoms with E-state index in [-0.39, 0.29) is 17.9 Å². The number of thioether (sulfide) groups is 1. The Morgan fingerprint density at radius 2 is 2.26 bits per heavy atom. The lowest BCUT2D eigenvalue weighted by Crippen LogP contribution is -2.47. The summed E-state index contributed by atoms with van der Waals surface area (Å²) in [6, 6.07) is 3.83. The van der Waals surface area contributed by atoms with Crippen LogP contribution in [-0.4, -0.2) is 40.9 Å². The fourth-order valence-electron chi connectivity index (χ4n) is 2.39. The molecule has 126 valence electrons. The zero-order valence-electron chi connectivity index (χ0n) is 13.3. The molecule has 0 bridgehead atoms. The van der Waals surface area contributed by atoms with Crippen molar-refractivity contribution in [3.63, 3.8) is 0 Å². The van der Waals surface area contributed by atoms with Gasteiger partial charge in [0.25, 0.3) is 5.91 Å². The second-order valence-electron chi connectivity index (χ2n) is 5.33. The maximum atomic E-state index is 12.4. The van der Waals surface area contributed by atoms with Gasteiger partial charge < -0.3 is 10.2 Å². The third-order valence-electron chi connectivity index (χ3n) is 3.59. The molecule has 1 fully saturated rings. The van der Waals surface area contributed by atoms with Gasteiger partial charge in [0.05, 0.1) is 8.76 Å². The van der Waals surface area contributed by atoms with Crippen molar-refractivity contribution in [2.24, 2.45) is 0 Å². The van der Waals surface area contributed by atoms with Crippen molar-refractivity contribution < 1.29 is 9.59 Å². The minimum absolute atomic E-state index is 0.0233. The van der Waals surface area contributed by atoms with E-state index in [1.165, 1.54) is 7.76 Å². The van der Waals surface area contributed by atoms with Crippen LogP contribution in [-0.2, 0) is 16.0 Å². The zero-order valence-corrected chi connectivity index (χ0v) is 17.1. The van der Waals surface area contributed by atoms with Crippen LogP contribution >= 0.6 is 45.7 Å². The number of hydrogen-bond acceptors (Lipinski definition) is 4. The Hall–Kier alpha value is -0.540. The van der Waals surface area contributed by atoms with Crippen molar-refractivity contribution in [2.75, 3.05) is 18.2 Å². The Morgan fingerprint density at radius 3 is 2.91 bits per heavy atom. The maximum absolute atomic E-state index is 12.4. The average molecular weight is 464 g/mol. The van der Waals surface area contributed by atoms with Gasteiger partial charge in [-0.1, -0.05) is 13.0 Å². The maximum Gasteiger partial charge on any atom is 0.250 e. The molecule has 0 aliphatic carbocycles. The molecule has 0 saturated carbocycles. The third-order valence-corrected chi connectivity index (χ3v) is 6.56. The van der Waals surface area contributed by atoms with Gasteiger partial charge in [-0.15, -0.1) is 23.1 Å². The standard InChI is InChI=1S/C16H21IN2O2S2/c1-3-4-11(2)16(21)19-10-22-9-13(19)15(20)18-8-7-12-5-6-14(17)23-12/h4-6,13H,3,7-10H2,1-2H3,(H,18,20)/b11-4-. The van der Waals surface area contributed by atoms with E-state index in [9.17, 15) is 9.59 Å². The van der Waals surface area contributed by atoms with E-state index in [4.69, 9.17) is 0 Å². The molecule has 0 radical (unpaired) electrons. The Labute approximate surface area is 159 Å². The predicted molar refractivity (Wildman–Crippen MR) is 106 cm³/mol. The number of amides is 2. The van der Waals surface area contributed by atoms with E-state index in [0.29, 0.717) is 18.2 Å². The molecule has 2 amide bonds. The quantitative estimate of drug-likeness (QED) is 0.520. The van der Waals surface area contributed by atoms with Crippen LogP contribution in [0.3, 0.4) is 0 Å². The van der Waals surface area contributed by atoms with Crippen LogP contribution in [0.25, 0.3) is 0 Å². The van der Waals surface area contributed by atoms with Crippen LogP contribution in [0.2, 0.25) is 0 Å². The fraction of sp³-hybridized carbons (Fsp3) is 0.500. The highest BCUT2D eigenvalue weighted by Crippen LogP contribution is 2.23. The summed E-state index contributed by atoms with van der Waals surface area (Å²) in [4.78, 5) is 27.8. The summed E-state index contributed by atoms with van der Waals surface area (Å²) in [5.41, 5.74) is 0.723. The summed E-state index contributed by atoms with van der Waals surface area (Å²) in [5.74, 6) is 1.20. The van der Waals surface area contributed by atoms with Gasteiger partial charge in [0.1, 0.15) is 6.04 Å². The smallest absolute Gasteiger partial charge is 0.250 e. The van der Waals surface area contributed by atoms with Crippen molar-refractivity contribution in [3.8, 4) is 0 Å². The molecule has 0 spiro atoms. The molecule has 7 heteroatoms. The first-order valence-electron chi connectivity index (χ1n) is 7.60. The molecule has 1 aliphatic heterocycles. The van der Waals surface area contributed by atoms with Gasteiger partial charge in [-0.05, 0) is 54.5 Å². The molecule has 0 aromatic carbocycles. The second-order valence-corrected chi connectivity index (χ2v) is 9.40. The van der Waals surface area contributed by atoms with E-state index in [1.807, 2.05) is 19.9 Å². The Morgan fingerprint density at radius 1 is 1.48 bits per heavy atom. The Bertz CT molecular complexity index is 601. The molecule has 1 aromatic rings. The van der Waals surface area contributed by atoms with Crippen LogP contribution in [0.1, 0.15) is 25.1 Å². The first kappa shape index (κ1) is 18.8. The van der Waals surface area contributed by atoms with E-state index < -0.39 is 0 Å². The van der Waals surface area contributed by atoms with Gasteiger partial charge in [0.15, 0.2) is 0 Å². The normalized spacial score (nSPS) is 18.3. The second kappa shape index (κ2) is 9.08. The first-order valence-corrected chi connectivity index (χ1v) is 10.6. The SMILES string of the molecule is CC/C=C(/C)C(=O)N1CSCC1C(=O)NCCc1ccc(I)s1. The van der Waals surface area contributed by atoms with Crippen molar-refractivity contribution in [1.82, 2.24) is 10.2 Å². The molecule has 2 rings (SSSR count). The van der Waals surface area contributed by atoms with Gasteiger partial charge in [-0.3, -0.25) is 9.59 Å². The number of nitrogens with one attached hydrogen (secondary N) is 1. The van der Waals surface area contributed by atoms with Crippen molar-refractivity contribution in [1.29, 1.82) is 0 Å². The summed E-state index contributed by atoms with van der Waals surface area (Å²) < 4.78 is 1.26. The lowest BCUT2D eigenvalue weighted by molar-refractivity contribution is -0.135. The summed E-state index contributed by atoms with van der Waals surface area (Å²) in [7, 11) is 0. The van der Waals surface area contributed by atoms with Gasteiger partial charge in [-0.2, -0.15) is 0 Å². The van der Waals surface area contributed by atoms with Crippen LogP contribution in [0.5, 0.6) is 0 Å². The van der Waals surface area contributed by atoms with E-state index in [2.05, 4.69) is 40.0 Å². The van der Waals surface area contributed by atoms with E-state index in [1.54, 1.807) is 28.0 Å². The number of rotatable bonds is 6. The number of allylic oxidation sites excluding steroid dienone is 1. The molecule has 4 nitrogen and oxygen atoms in total. The van der Waals surface area contributed by atoms with Gasteiger partial charge >= 0.3 is 0 Å². The molecule has 1 saturated heterocycles. The highest BCUT2D eigenvalue weighted by Gasteiger charge is 2.34. The van der Waals surface area contributed by atoms with Crippen LogP contribution in [0.4, 0.5) is 0 Å². The molecule has 1 unspecified atom stereocenters. The molecular formula is C16H21IN2O2S2. The number of halogens is 1. The lowest BCUT2D eigenvalue weighted by atomic mass is 10.2. The fourth-order valence-corrected chi connectivity index (χ4v) is 5.30. The summed E-state index contributed by atoms with van der Waals surface area (Å²) in [6.45, 7) is 4.44. The van der Waals surface area contributed by atoms with Crippen molar-refractivity contribution >= 4 is 57.5 Å². The largest absolute Gasteiger partial charge is 0.354 e. The van der Waals surface area contributed by atoms with Gasteiger partial charge in [-0.25, -0.2) is 0 Å². The molecule has 1 aromatic heterocycles. The Kier molecular flexibility index (Phi) is 7.42. The molecule has 2 heterocycles. The highest BCUT2D eigenvalue weighted by molar-refractivity contribution is 14.1. The van der Waals surface area contributed by atoms with Gasteiger partial charge in [0.2, 0.25) is 5.91 Å². The number of carbonyl (C=O) groups excluding carboxylic acids is 2. The predicted octanol–water partition coefficient (Wildman–Crippen LogP) is 3.27.